The number of fused-ring (bicyclic) bond motifs is 3. The van der Waals surface area contributed by atoms with Crippen molar-refractivity contribution < 1.29 is 56.9 Å². The minimum atomic E-state index is -0.452. The van der Waals surface area contributed by atoms with Crippen LogP contribution in [0, 0.1) is 0 Å². The molecule has 14 heteroatoms. The van der Waals surface area contributed by atoms with E-state index in [2.05, 4.69) is 29.6 Å². The lowest BCUT2D eigenvalue weighted by Gasteiger charge is -2.14. The molecule has 0 bridgehead atoms. The smallest absolute Gasteiger partial charge is 0.407 e. The molecule has 2 aromatic rings. The average molecular weight is 742 g/mol. The van der Waals surface area contributed by atoms with Gasteiger partial charge in [0.1, 0.15) is 6.61 Å². The second kappa shape index (κ2) is 30.1. The third-order valence-electron chi connectivity index (χ3n) is 7.43. The van der Waals surface area contributed by atoms with E-state index >= 15 is 0 Å². The minimum absolute atomic E-state index is 0.0376. The molecule has 51 heavy (non-hydrogen) atoms. The minimum Gasteiger partial charge on any atom is -0.449 e. The summed E-state index contributed by atoms with van der Waals surface area (Å²) in [5, 5.41) is 2.74. The van der Waals surface area contributed by atoms with E-state index in [1.54, 1.807) is 0 Å². The Morgan fingerprint density at radius 3 is 1.14 bits per heavy atom. The summed E-state index contributed by atoms with van der Waals surface area (Å²) in [7, 11) is 0. The van der Waals surface area contributed by atoms with E-state index in [1.807, 2.05) is 24.3 Å². The van der Waals surface area contributed by atoms with Gasteiger partial charge >= 0.3 is 6.09 Å². The van der Waals surface area contributed by atoms with Crippen molar-refractivity contribution in [2.24, 2.45) is 0 Å². The molecule has 0 unspecified atom stereocenters. The molecular formula is C37H56ClNO12. The van der Waals surface area contributed by atoms with Gasteiger partial charge in [0.25, 0.3) is 0 Å². The Balaban J connectivity index is 0.965. The van der Waals surface area contributed by atoms with E-state index in [9.17, 15) is 4.79 Å². The van der Waals surface area contributed by atoms with Crippen LogP contribution < -0.4 is 5.32 Å². The van der Waals surface area contributed by atoms with Crippen molar-refractivity contribution in [1.29, 1.82) is 0 Å². The van der Waals surface area contributed by atoms with Gasteiger partial charge in [-0.1, -0.05) is 48.5 Å². The summed E-state index contributed by atoms with van der Waals surface area (Å²) in [6.45, 7) is 10.5. The number of halogens is 1. The highest BCUT2D eigenvalue weighted by Crippen LogP contribution is 2.44. The van der Waals surface area contributed by atoms with E-state index in [0.29, 0.717) is 145 Å². The maximum Gasteiger partial charge on any atom is 0.407 e. The standard InChI is InChI=1S/C37H56ClNO12/c38-9-11-41-13-15-43-17-19-45-21-23-47-25-27-49-29-30-50-28-26-48-24-22-46-20-18-44-16-14-42-12-10-39-37(40)51-31-36-34-7-3-1-5-32(34)33-6-2-4-8-35(33)36/h1-8,36H,9-31H2,(H,39,40). The van der Waals surface area contributed by atoms with E-state index in [-0.39, 0.29) is 12.5 Å². The number of alkyl halides is 1. The van der Waals surface area contributed by atoms with Crippen molar-refractivity contribution in [3.8, 4) is 11.1 Å². The molecule has 0 heterocycles. The van der Waals surface area contributed by atoms with Gasteiger partial charge < -0.3 is 57.4 Å². The first-order chi connectivity index (χ1) is 25.3. The number of alkyl carbamates (subject to hydrolysis) is 1. The molecule has 288 valence electrons. The Morgan fingerprint density at radius 1 is 0.471 bits per heavy atom. The molecule has 2 aromatic carbocycles. The summed E-state index contributed by atoms with van der Waals surface area (Å²) < 4.78 is 60.0. The van der Waals surface area contributed by atoms with Crippen LogP contribution >= 0.6 is 11.6 Å². The molecule has 0 atom stereocenters. The number of nitrogens with one attached hydrogen (secondary N) is 1. The lowest BCUT2D eigenvalue weighted by Crippen LogP contribution is -2.29. The highest BCUT2D eigenvalue weighted by Gasteiger charge is 2.28. The zero-order valence-electron chi connectivity index (χ0n) is 29.7. The fourth-order valence-electron chi connectivity index (χ4n) is 5.01. The quantitative estimate of drug-likeness (QED) is 0.0824. The van der Waals surface area contributed by atoms with Gasteiger partial charge in [0.2, 0.25) is 0 Å². The third-order valence-corrected chi connectivity index (χ3v) is 7.58. The average Bonchev–Trinajstić information content (AvgIpc) is 3.48. The zero-order chi connectivity index (χ0) is 35.9. The molecule has 0 aliphatic heterocycles. The van der Waals surface area contributed by atoms with Gasteiger partial charge in [-0.2, -0.15) is 0 Å². The van der Waals surface area contributed by atoms with Crippen LogP contribution in [0.25, 0.3) is 11.1 Å². The molecule has 0 saturated heterocycles. The van der Waals surface area contributed by atoms with Crippen molar-refractivity contribution in [2.75, 3.05) is 151 Å². The molecule has 0 aromatic heterocycles. The second-order valence-corrected chi connectivity index (χ2v) is 11.4. The zero-order valence-corrected chi connectivity index (χ0v) is 30.5. The van der Waals surface area contributed by atoms with Gasteiger partial charge in [0.15, 0.2) is 0 Å². The monoisotopic (exact) mass is 741 g/mol. The van der Waals surface area contributed by atoms with Crippen molar-refractivity contribution in [3.63, 3.8) is 0 Å². The van der Waals surface area contributed by atoms with Crippen LogP contribution in [-0.4, -0.2) is 157 Å². The van der Waals surface area contributed by atoms with Crippen LogP contribution in [-0.2, 0) is 52.1 Å². The van der Waals surface area contributed by atoms with Crippen LogP contribution in [0.3, 0.4) is 0 Å². The number of ether oxygens (including phenoxy) is 11. The van der Waals surface area contributed by atoms with Crippen molar-refractivity contribution in [3.05, 3.63) is 59.7 Å². The molecule has 1 aliphatic carbocycles. The number of rotatable bonds is 34. The predicted octanol–water partition coefficient (Wildman–Crippen LogP) is 3.93. The largest absolute Gasteiger partial charge is 0.449 e. The number of carbonyl (C=O) groups excluding carboxylic acids is 1. The topological polar surface area (TPSA) is 131 Å². The molecule has 3 rings (SSSR count). The Hall–Kier alpha value is -2.40. The first-order valence-electron chi connectivity index (χ1n) is 17.7. The summed E-state index contributed by atoms with van der Waals surface area (Å²) in [4.78, 5) is 12.2. The fraction of sp³-hybridized carbons (Fsp3) is 0.649. The van der Waals surface area contributed by atoms with Crippen LogP contribution in [0.5, 0.6) is 0 Å². The van der Waals surface area contributed by atoms with Gasteiger partial charge in [-0.15, -0.1) is 11.6 Å². The van der Waals surface area contributed by atoms with E-state index < -0.39 is 6.09 Å². The summed E-state index contributed by atoms with van der Waals surface area (Å²) in [5.41, 5.74) is 4.77. The van der Waals surface area contributed by atoms with Gasteiger partial charge in [-0.3, -0.25) is 0 Å². The summed E-state index contributed by atoms with van der Waals surface area (Å²) in [5.74, 6) is 0.530. The van der Waals surface area contributed by atoms with E-state index in [0.717, 1.165) is 0 Å². The maximum atomic E-state index is 12.2. The summed E-state index contributed by atoms with van der Waals surface area (Å²) >= 11 is 5.52. The van der Waals surface area contributed by atoms with E-state index in [1.165, 1.54) is 22.3 Å². The first-order valence-corrected chi connectivity index (χ1v) is 18.3. The molecule has 1 aliphatic rings. The van der Waals surface area contributed by atoms with Crippen molar-refractivity contribution >= 4 is 17.7 Å². The molecule has 0 spiro atoms. The maximum absolute atomic E-state index is 12.2. The highest BCUT2D eigenvalue weighted by molar-refractivity contribution is 6.17. The lowest BCUT2D eigenvalue weighted by atomic mass is 9.98. The van der Waals surface area contributed by atoms with Crippen LogP contribution in [0.2, 0.25) is 0 Å². The highest BCUT2D eigenvalue weighted by atomic mass is 35.5. The number of amides is 1. The Morgan fingerprint density at radius 2 is 0.784 bits per heavy atom. The lowest BCUT2D eigenvalue weighted by molar-refractivity contribution is -0.0262. The molecule has 13 nitrogen and oxygen atoms in total. The molecule has 0 fully saturated rings. The van der Waals surface area contributed by atoms with Gasteiger partial charge in [0, 0.05) is 18.3 Å². The Labute approximate surface area is 307 Å². The van der Waals surface area contributed by atoms with Crippen LogP contribution in [0.4, 0.5) is 4.79 Å². The number of hydrogen-bond acceptors (Lipinski definition) is 12. The van der Waals surface area contributed by atoms with Gasteiger partial charge in [-0.05, 0) is 22.3 Å². The molecular weight excluding hydrogens is 686 g/mol. The van der Waals surface area contributed by atoms with Crippen LogP contribution in [0.1, 0.15) is 17.0 Å². The molecule has 1 N–H and O–H groups in total. The Kier molecular flexibility index (Phi) is 25.4. The fourth-order valence-corrected chi connectivity index (χ4v) is 5.12. The summed E-state index contributed by atoms with van der Waals surface area (Å²) in [6, 6.07) is 16.5. The molecule has 0 saturated carbocycles. The van der Waals surface area contributed by atoms with Crippen molar-refractivity contribution in [1.82, 2.24) is 5.32 Å². The second-order valence-electron chi connectivity index (χ2n) is 11.1. The first kappa shape index (κ1) is 43.0. The van der Waals surface area contributed by atoms with Gasteiger partial charge in [-0.25, -0.2) is 4.79 Å². The summed E-state index contributed by atoms with van der Waals surface area (Å²) in [6.07, 6.45) is -0.452. The molecule has 1 amide bonds. The SMILES string of the molecule is O=C(NCCOCCOCCOCCOCCOCCOCCOCCOCCOCCOCCCl)OCC1c2ccccc2-c2ccccc21. The van der Waals surface area contributed by atoms with Crippen molar-refractivity contribution in [2.45, 2.75) is 5.92 Å². The third kappa shape index (κ3) is 19.9. The van der Waals surface area contributed by atoms with E-state index in [4.69, 9.17) is 63.7 Å². The number of benzene rings is 2. The normalized spacial score (nSPS) is 12.3. The molecule has 0 radical (unpaired) electrons. The predicted molar refractivity (Wildman–Crippen MR) is 192 cm³/mol. The Bertz CT molecular complexity index is 1100. The van der Waals surface area contributed by atoms with Gasteiger partial charge in [0.05, 0.1) is 132 Å². The number of hydrogen-bond donors (Lipinski definition) is 1. The number of carbonyl (C=O) groups is 1. The van der Waals surface area contributed by atoms with Crippen LogP contribution in [0.15, 0.2) is 48.5 Å².